The molecule has 3 saturated carbocycles. The number of allylic oxidation sites excluding steroid dienone is 4. The van der Waals surface area contributed by atoms with Gasteiger partial charge in [0.2, 0.25) is 0 Å². The van der Waals surface area contributed by atoms with Crippen molar-refractivity contribution in [1.82, 2.24) is 0 Å². The molecular formula is C30H44O4. The molecule has 0 aromatic rings. The predicted octanol–water partition coefficient (Wildman–Crippen LogP) is 6.03. The van der Waals surface area contributed by atoms with Crippen LogP contribution in [-0.4, -0.2) is 29.1 Å². The number of aliphatic hydroxyl groups is 1. The Morgan fingerprint density at radius 1 is 1.12 bits per heavy atom. The summed E-state index contributed by atoms with van der Waals surface area (Å²) in [7, 11) is 0. The minimum absolute atomic E-state index is 0.00806. The van der Waals surface area contributed by atoms with Crippen molar-refractivity contribution in [2.24, 2.45) is 45.3 Å². The summed E-state index contributed by atoms with van der Waals surface area (Å²) in [6.45, 7) is 15.5. The van der Waals surface area contributed by atoms with E-state index in [2.05, 4.69) is 54.5 Å². The number of rotatable bonds is 3. The van der Waals surface area contributed by atoms with E-state index < -0.39 is 11.5 Å². The molecule has 4 heteroatoms. The zero-order valence-electron chi connectivity index (χ0n) is 22.2. The SMILES string of the molecule is CC(C)=CCC[C@@H]1C(=O)O[C@H]2C[C@]3(C)C4=CC(=O)[C@H]5C(C)(C)[C@H](O)CC[C@]5(C)[C@H]4CC[C@@]3(C)[C@@H]21. The molecule has 0 radical (unpaired) electrons. The Bertz CT molecular complexity index is 970. The van der Waals surface area contributed by atoms with Crippen molar-refractivity contribution in [3.8, 4) is 0 Å². The molecule has 0 aromatic carbocycles. The van der Waals surface area contributed by atoms with Gasteiger partial charge < -0.3 is 9.84 Å². The molecule has 9 atom stereocenters. The summed E-state index contributed by atoms with van der Waals surface area (Å²) in [5.41, 5.74) is 1.90. The van der Waals surface area contributed by atoms with Crippen LogP contribution in [0.25, 0.3) is 0 Å². The van der Waals surface area contributed by atoms with E-state index in [9.17, 15) is 14.7 Å². The van der Waals surface area contributed by atoms with Gasteiger partial charge in [-0.3, -0.25) is 9.59 Å². The Labute approximate surface area is 205 Å². The lowest BCUT2D eigenvalue weighted by Gasteiger charge is -2.63. The van der Waals surface area contributed by atoms with Crippen LogP contribution in [0.2, 0.25) is 0 Å². The van der Waals surface area contributed by atoms with E-state index in [1.165, 1.54) is 11.1 Å². The standard InChI is InChI=1S/C30H44O4/c1-17(2)9-8-10-18-24-22(34-26(18)33)16-30(7)20-15-21(31)25-27(3,4)23(32)12-13-28(25,5)19(20)11-14-29(24,30)6/h9,15,18-19,22-25,32H,8,10-14,16H2,1-7H3/t18-,19-,22-,23+,24+,25-,28+,29-,30+/m0/s1. The summed E-state index contributed by atoms with van der Waals surface area (Å²) in [5, 5.41) is 10.8. The quantitative estimate of drug-likeness (QED) is 0.406. The van der Waals surface area contributed by atoms with Crippen molar-refractivity contribution in [3.63, 3.8) is 0 Å². The first-order valence-electron chi connectivity index (χ1n) is 13.6. The summed E-state index contributed by atoms with van der Waals surface area (Å²) < 4.78 is 6.06. The molecule has 4 fully saturated rings. The molecule has 5 aliphatic rings. The third kappa shape index (κ3) is 2.99. The summed E-state index contributed by atoms with van der Waals surface area (Å²) in [6, 6.07) is 0. The molecule has 0 aromatic heterocycles. The molecule has 34 heavy (non-hydrogen) atoms. The number of fused-ring (bicyclic) bond motifs is 7. The van der Waals surface area contributed by atoms with Crippen molar-refractivity contribution >= 4 is 11.8 Å². The Kier molecular flexibility index (Phi) is 5.39. The zero-order valence-corrected chi connectivity index (χ0v) is 22.2. The molecule has 0 unspecified atom stereocenters. The lowest BCUT2D eigenvalue weighted by atomic mass is 9.40. The highest BCUT2D eigenvalue weighted by Gasteiger charge is 2.71. The van der Waals surface area contributed by atoms with E-state index >= 15 is 0 Å². The summed E-state index contributed by atoms with van der Waals surface area (Å²) in [6.07, 6.45) is 10.2. The van der Waals surface area contributed by atoms with Crippen LogP contribution in [0.1, 0.15) is 93.4 Å². The lowest BCUT2D eigenvalue weighted by molar-refractivity contribution is -0.158. The smallest absolute Gasteiger partial charge is 0.309 e. The number of ketones is 1. The molecule has 188 valence electrons. The van der Waals surface area contributed by atoms with Crippen molar-refractivity contribution in [1.29, 1.82) is 0 Å². The second kappa shape index (κ2) is 7.54. The van der Waals surface area contributed by atoms with Gasteiger partial charge in [0.1, 0.15) is 6.10 Å². The Morgan fingerprint density at radius 2 is 1.82 bits per heavy atom. The lowest BCUT2D eigenvalue weighted by Crippen LogP contribution is -2.60. The van der Waals surface area contributed by atoms with Gasteiger partial charge in [-0.15, -0.1) is 0 Å². The first kappa shape index (κ1) is 24.3. The van der Waals surface area contributed by atoms with Gasteiger partial charge >= 0.3 is 5.97 Å². The highest BCUT2D eigenvalue weighted by Crippen LogP contribution is 2.74. The fourth-order valence-electron chi connectivity index (χ4n) is 9.72. The number of hydrogen-bond donors (Lipinski definition) is 1. The van der Waals surface area contributed by atoms with Crippen LogP contribution in [0.4, 0.5) is 0 Å². The van der Waals surface area contributed by atoms with Gasteiger partial charge in [0, 0.05) is 17.3 Å². The number of aliphatic hydroxyl groups excluding tert-OH is 1. The predicted molar refractivity (Wildman–Crippen MR) is 133 cm³/mol. The van der Waals surface area contributed by atoms with Gasteiger partial charge in [0.05, 0.1) is 12.0 Å². The minimum atomic E-state index is -0.430. The monoisotopic (exact) mass is 468 g/mol. The topological polar surface area (TPSA) is 63.6 Å². The van der Waals surface area contributed by atoms with Crippen molar-refractivity contribution < 1.29 is 19.4 Å². The number of carbonyl (C=O) groups excluding carboxylic acids is 2. The Hall–Kier alpha value is -1.42. The second-order valence-corrected chi connectivity index (χ2v) is 13.8. The average Bonchev–Trinajstić information content (AvgIpc) is 3.15. The van der Waals surface area contributed by atoms with Gasteiger partial charge in [0.15, 0.2) is 5.78 Å². The number of ether oxygens (including phenoxy) is 1. The van der Waals surface area contributed by atoms with E-state index in [1.54, 1.807) is 0 Å². The number of hydrogen-bond acceptors (Lipinski definition) is 4. The van der Waals surface area contributed by atoms with Crippen LogP contribution >= 0.6 is 0 Å². The molecule has 0 amide bonds. The summed E-state index contributed by atoms with van der Waals surface area (Å²) >= 11 is 0. The fraction of sp³-hybridized carbons (Fsp3) is 0.800. The highest BCUT2D eigenvalue weighted by atomic mass is 16.6. The van der Waals surface area contributed by atoms with Crippen LogP contribution in [0.15, 0.2) is 23.3 Å². The van der Waals surface area contributed by atoms with Gasteiger partial charge in [-0.25, -0.2) is 0 Å². The third-order valence-electron chi connectivity index (χ3n) is 11.6. The van der Waals surface area contributed by atoms with Crippen LogP contribution in [0.3, 0.4) is 0 Å². The van der Waals surface area contributed by atoms with E-state index in [0.29, 0.717) is 5.92 Å². The van der Waals surface area contributed by atoms with Crippen LogP contribution in [0.5, 0.6) is 0 Å². The first-order valence-corrected chi connectivity index (χ1v) is 13.6. The first-order chi connectivity index (χ1) is 15.8. The molecule has 4 aliphatic carbocycles. The molecule has 0 spiro atoms. The molecule has 4 nitrogen and oxygen atoms in total. The van der Waals surface area contributed by atoms with Crippen LogP contribution in [0, 0.1) is 45.3 Å². The molecule has 1 heterocycles. The van der Waals surface area contributed by atoms with E-state index in [4.69, 9.17) is 4.74 Å². The largest absolute Gasteiger partial charge is 0.462 e. The van der Waals surface area contributed by atoms with Crippen molar-refractivity contribution in [2.45, 2.75) is 106 Å². The number of esters is 1. The number of carbonyl (C=O) groups is 2. The van der Waals surface area contributed by atoms with E-state index in [1.807, 2.05) is 6.08 Å². The maximum atomic E-state index is 13.8. The molecule has 0 bridgehead atoms. The van der Waals surface area contributed by atoms with Gasteiger partial charge in [0.25, 0.3) is 0 Å². The van der Waals surface area contributed by atoms with Gasteiger partial charge in [-0.1, -0.05) is 51.8 Å². The van der Waals surface area contributed by atoms with Crippen molar-refractivity contribution in [2.75, 3.05) is 0 Å². The fourth-order valence-corrected chi connectivity index (χ4v) is 9.72. The van der Waals surface area contributed by atoms with Crippen molar-refractivity contribution in [3.05, 3.63) is 23.3 Å². The normalized spacial score (nSPS) is 48.8. The van der Waals surface area contributed by atoms with E-state index in [0.717, 1.165) is 44.9 Å². The molecule has 1 saturated heterocycles. The highest BCUT2D eigenvalue weighted by molar-refractivity contribution is 5.95. The van der Waals surface area contributed by atoms with Gasteiger partial charge in [-0.05, 0) is 87.0 Å². The summed E-state index contributed by atoms with van der Waals surface area (Å²) in [5.74, 6) is 0.599. The van der Waals surface area contributed by atoms with Crippen LogP contribution in [-0.2, 0) is 14.3 Å². The second-order valence-electron chi connectivity index (χ2n) is 13.8. The Balaban J connectivity index is 1.53. The third-order valence-corrected chi connectivity index (χ3v) is 11.6. The summed E-state index contributed by atoms with van der Waals surface area (Å²) in [4.78, 5) is 26.7. The molecule has 1 N–H and O–H groups in total. The Morgan fingerprint density at radius 3 is 2.50 bits per heavy atom. The molecule has 1 aliphatic heterocycles. The maximum Gasteiger partial charge on any atom is 0.309 e. The van der Waals surface area contributed by atoms with E-state index in [-0.39, 0.29) is 51.9 Å². The van der Waals surface area contributed by atoms with Gasteiger partial charge in [-0.2, -0.15) is 0 Å². The average molecular weight is 469 g/mol. The van der Waals surface area contributed by atoms with Crippen LogP contribution < -0.4 is 0 Å². The minimum Gasteiger partial charge on any atom is -0.462 e. The molecule has 5 rings (SSSR count). The molecular weight excluding hydrogens is 424 g/mol. The maximum absolute atomic E-state index is 13.8. The zero-order chi connectivity index (χ0) is 24.8.